The van der Waals surface area contributed by atoms with E-state index in [-0.39, 0.29) is 11.9 Å². The predicted molar refractivity (Wildman–Crippen MR) is 110 cm³/mol. The van der Waals surface area contributed by atoms with Crippen molar-refractivity contribution in [3.05, 3.63) is 58.9 Å². The number of benzene rings is 1. The lowest BCUT2D eigenvalue weighted by Crippen LogP contribution is -2.38. The minimum absolute atomic E-state index is 0.101. The normalized spacial score (nSPS) is 13.3. The SMILES string of the molecule is CCC[C@@H](NC(=O)[C@@H](C)OC(=O)/C=C/c1c(C)nn(C)c1C)c1ccccc1. The van der Waals surface area contributed by atoms with Gasteiger partial charge in [-0.05, 0) is 38.8 Å². The number of esters is 1. The highest BCUT2D eigenvalue weighted by Gasteiger charge is 2.21. The van der Waals surface area contributed by atoms with Gasteiger partial charge in [0, 0.05) is 24.4 Å². The molecule has 28 heavy (non-hydrogen) atoms. The quantitative estimate of drug-likeness (QED) is 0.558. The molecule has 1 heterocycles. The first kappa shape index (κ1) is 21.4. The number of carbonyl (C=O) groups excluding carboxylic acids is 2. The van der Waals surface area contributed by atoms with Gasteiger partial charge in [0.1, 0.15) is 0 Å². The lowest BCUT2D eigenvalue weighted by atomic mass is 10.0. The Bertz CT molecular complexity index is 840. The molecule has 2 atom stereocenters. The molecule has 0 unspecified atom stereocenters. The second kappa shape index (κ2) is 9.88. The average molecular weight is 383 g/mol. The maximum Gasteiger partial charge on any atom is 0.331 e. The summed E-state index contributed by atoms with van der Waals surface area (Å²) in [6.45, 7) is 7.46. The molecule has 150 valence electrons. The van der Waals surface area contributed by atoms with Crippen LogP contribution in [0, 0.1) is 13.8 Å². The lowest BCUT2D eigenvalue weighted by Gasteiger charge is -2.21. The Morgan fingerprint density at radius 1 is 1.25 bits per heavy atom. The smallest absolute Gasteiger partial charge is 0.331 e. The van der Waals surface area contributed by atoms with Gasteiger partial charge in [0.25, 0.3) is 5.91 Å². The van der Waals surface area contributed by atoms with E-state index < -0.39 is 12.1 Å². The third-order valence-corrected chi connectivity index (χ3v) is 4.71. The molecule has 0 aliphatic heterocycles. The first-order valence-electron chi connectivity index (χ1n) is 9.57. The lowest BCUT2D eigenvalue weighted by molar-refractivity contribution is -0.150. The maximum atomic E-state index is 12.5. The van der Waals surface area contributed by atoms with Crippen molar-refractivity contribution in [2.45, 2.75) is 52.7 Å². The third kappa shape index (κ3) is 5.55. The topological polar surface area (TPSA) is 73.2 Å². The average Bonchev–Trinajstić information content (AvgIpc) is 2.91. The second-order valence-electron chi connectivity index (χ2n) is 6.88. The van der Waals surface area contributed by atoms with Crippen molar-refractivity contribution in [2.75, 3.05) is 0 Å². The summed E-state index contributed by atoms with van der Waals surface area (Å²) in [5.74, 6) is -0.866. The van der Waals surface area contributed by atoms with Crippen LogP contribution in [0.25, 0.3) is 6.08 Å². The van der Waals surface area contributed by atoms with E-state index in [4.69, 9.17) is 4.74 Å². The molecule has 2 rings (SSSR count). The molecule has 1 N–H and O–H groups in total. The molecule has 6 nitrogen and oxygen atoms in total. The van der Waals surface area contributed by atoms with E-state index in [9.17, 15) is 9.59 Å². The molecule has 0 saturated heterocycles. The highest BCUT2D eigenvalue weighted by Crippen LogP contribution is 2.18. The summed E-state index contributed by atoms with van der Waals surface area (Å²) in [6, 6.07) is 9.70. The zero-order valence-corrected chi connectivity index (χ0v) is 17.2. The van der Waals surface area contributed by atoms with E-state index in [1.54, 1.807) is 17.7 Å². The predicted octanol–water partition coefficient (Wildman–Crippen LogP) is 3.64. The number of hydrogen-bond acceptors (Lipinski definition) is 4. The zero-order valence-electron chi connectivity index (χ0n) is 17.2. The molecule has 0 aliphatic rings. The van der Waals surface area contributed by atoms with Gasteiger partial charge in [-0.15, -0.1) is 0 Å². The second-order valence-corrected chi connectivity index (χ2v) is 6.88. The fourth-order valence-corrected chi connectivity index (χ4v) is 3.03. The van der Waals surface area contributed by atoms with E-state index in [1.807, 2.05) is 51.2 Å². The number of nitrogens with zero attached hydrogens (tertiary/aromatic N) is 2. The number of amides is 1. The Morgan fingerprint density at radius 2 is 1.93 bits per heavy atom. The van der Waals surface area contributed by atoms with Crippen molar-refractivity contribution < 1.29 is 14.3 Å². The number of ether oxygens (including phenoxy) is 1. The van der Waals surface area contributed by atoms with Gasteiger partial charge in [0.15, 0.2) is 6.10 Å². The standard InChI is InChI=1S/C22H29N3O3/c1-6-10-20(18-11-8-7-9-12-18)23-22(27)17(4)28-21(26)14-13-19-15(2)24-25(5)16(19)3/h7-9,11-14,17,20H,6,10H2,1-5H3,(H,23,27)/b14-13+/t17-,20-/m1/s1. The van der Waals surface area contributed by atoms with Crippen LogP contribution in [-0.2, 0) is 21.4 Å². The van der Waals surface area contributed by atoms with Gasteiger partial charge in [0.05, 0.1) is 11.7 Å². The third-order valence-electron chi connectivity index (χ3n) is 4.71. The summed E-state index contributed by atoms with van der Waals surface area (Å²) in [5.41, 5.74) is 3.71. The van der Waals surface area contributed by atoms with Crippen LogP contribution in [0.2, 0.25) is 0 Å². The highest BCUT2D eigenvalue weighted by molar-refractivity contribution is 5.90. The summed E-state index contributed by atoms with van der Waals surface area (Å²) >= 11 is 0. The molecule has 0 spiro atoms. The number of nitrogens with one attached hydrogen (secondary N) is 1. The minimum atomic E-state index is -0.878. The molecule has 6 heteroatoms. The molecule has 1 aromatic heterocycles. The van der Waals surface area contributed by atoms with Gasteiger partial charge < -0.3 is 10.1 Å². The molecule has 2 aromatic rings. The van der Waals surface area contributed by atoms with Crippen molar-refractivity contribution in [2.24, 2.45) is 7.05 Å². The van der Waals surface area contributed by atoms with Gasteiger partial charge in [-0.2, -0.15) is 5.10 Å². The highest BCUT2D eigenvalue weighted by atomic mass is 16.5. The first-order chi connectivity index (χ1) is 13.3. The summed E-state index contributed by atoms with van der Waals surface area (Å²) < 4.78 is 7.03. The zero-order chi connectivity index (χ0) is 20.7. The van der Waals surface area contributed by atoms with Crippen molar-refractivity contribution in [3.63, 3.8) is 0 Å². The molecule has 0 aliphatic carbocycles. The largest absolute Gasteiger partial charge is 0.449 e. The first-order valence-corrected chi connectivity index (χ1v) is 9.57. The number of hydrogen-bond donors (Lipinski definition) is 1. The summed E-state index contributed by atoms with van der Waals surface area (Å²) in [4.78, 5) is 24.6. The number of carbonyl (C=O) groups is 2. The van der Waals surface area contributed by atoms with E-state index in [0.717, 1.165) is 35.4 Å². The van der Waals surface area contributed by atoms with E-state index >= 15 is 0 Å². The Balaban J connectivity index is 1.97. The molecule has 0 fully saturated rings. The number of aromatic nitrogens is 2. The van der Waals surface area contributed by atoms with E-state index in [0.29, 0.717) is 0 Å². The molecular weight excluding hydrogens is 354 g/mol. The van der Waals surface area contributed by atoms with Crippen LogP contribution in [0.5, 0.6) is 0 Å². The van der Waals surface area contributed by atoms with Crippen molar-refractivity contribution in [3.8, 4) is 0 Å². The van der Waals surface area contributed by atoms with Gasteiger partial charge in [-0.3, -0.25) is 9.48 Å². The Morgan fingerprint density at radius 3 is 2.50 bits per heavy atom. The fraction of sp³-hybridized carbons (Fsp3) is 0.409. The van der Waals surface area contributed by atoms with Crippen LogP contribution in [0.15, 0.2) is 36.4 Å². The Hall–Kier alpha value is -2.89. The molecule has 0 radical (unpaired) electrons. The van der Waals surface area contributed by atoms with Crippen molar-refractivity contribution in [1.29, 1.82) is 0 Å². The monoisotopic (exact) mass is 383 g/mol. The van der Waals surface area contributed by atoms with Crippen LogP contribution >= 0.6 is 0 Å². The number of rotatable bonds is 8. The van der Waals surface area contributed by atoms with Gasteiger partial charge in [0.2, 0.25) is 0 Å². The van der Waals surface area contributed by atoms with Crippen molar-refractivity contribution in [1.82, 2.24) is 15.1 Å². The molecular formula is C22H29N3O3. The van der Waals surface area contributed by atoms with Gasteiger partial charge >= 0.3 is 5.97 Å². The van der Waals surface area contributed by atoms with Crippen LogP contribution in [0.4, 0.5) is 0 Å². The van der Waals surface area contributed by atoms with E-state index in [2.05, 4.69) is 17.3 Å². The Labute approximate surface area is 166 Å². The maximum absolute atomic E-state index is 12.5. The molecule has 1 amide bonds. The fourth-order valence-electron chi connectivity index (χ4n) is 3.03. The van der Waals surface area contributed by atoms with Crippen LogP contribution in [-0.4, -0.2) is 27.8 Å². The molecule has 0 saturated carbocycles. The molecule has 0 bridgehead atoms. The molecule has 1 aromatic carbocycles. The van der Waals surface area contributed by atoms with Gasteiger partial charge in [-0.25, -0.2) is 4.79 Å². The van der Waals surface area contributed by atoms with Crippen molar-refractivity contribution >= 4 is 18.0 Å². The summed E-state index contributed by atoms with van der Waals surface area (Å²) in [6.07, 6.45) is 3.88. The van der Waals surface area contributed by atoms with Crippen LogP contribution < -0.4 is 5.32 Å². The summed E-state index contributed by atoms with van der Waals surface area (Å²) in [5, 5.41) is 7.29. The van der Waals surface area contributed by atoms with E-state index in [1.165, 1.54) is 6.08 Å². The number of aryl methyl sites for hydroxylation is 2. The minimum Gasteiger partial charge on any atom is -0.449 e. The summed E-state index contributed by atoms with van der Waals surface area (Å²) in [7, 11) is 1.85. The Kier molecular flexibility index (Phi) is 7.55. The van der Waals surface area contributed by atoms with Gasteiger partial charge in [-0.1, -0.05) is 43.7 Å². The van der Waals surface area contributed by atoms with Crippen LogP contribution in [0.1, 0.15) is 55.2 Å². The van der Waals surface area contributed by atoms with Crippen LogP contribution in [0.3, 0.4) is 0 Å².